The number of nitrogens with zero attached hydrogens (tertiary/aromatic N) is 3. The molecule has 114 valence electrons. The van der Waals surface area contributed by atoms with Crippen molar-refractivity contribution in [2.45, 2.75) is 19.3 Å². The summed E-state index contributed by atoms with van der Waals surface area (Å²) in [5.74, 6) is -0.294. The predicted octanol–water partition coefficient (Wildman–Crippen LogP) is 0.585. The maximum atomic E-state index is 13.3. The molecule has 0 saturated heterocycles. The number of aliphatic hydroxyl groups excluding tert-OH is 1. The van der Waals surface area contributed by atoms with E-state index in [2.05, 4.69) is 15.6 Å². The Bertz CT molecular complexity index is 521. The summed E-state index contributed by atoms with van der Waals surface area (Å²) < 4.78 is 20.3. The average molecular weight is 294 g/mol. The maximum Gasteiger partial charge on any atom is 0.128 e. The van der Waals surface area contributed by atoms with E-state index in [9.17, 15) is 9.50 Å². The highest BCUT2D eigenvalue weighted by atomic mass is 19.1. The first-order valence-corrected chi connectivity index (χ1v) is 6.79. The molecule has 7 heteroatoms. The van der Waals surface area contributed by atoms with Gasteiger partial charge in [0.2, 0.25) is 0 Å². The molecule has 1 unspecified atom stereocenters. The number of halogens is 1. The summed E-state index contributed by atoms with van der Waals surface area (Å²) in [6.07, 6.45) is 2.76. The molecule has 2 N–H and O–H groups in total. The minimum atomic E-state index is -0.632. The number of hydrogen-bond donors (Lipinski definition) is 2. The molecule has 0 aliphatic carbocycles. The van der Waals surface area contributed by atoms with E-state index in [1.165, 1.54) is 6.07 Å². The van der Waals surface area contributed by atoms with Crippen LogP contribution in [0.2, 0.25) is 0 Å². The largest absolute Gasteiger partial charge is 0.389 e. The van der Waals surface area contributed by atoms with Gasteiger partial charge < -0.3 is 15.2 Å². The first-order chi connectivity index (χ1) is 10.3. The fourth-order valence-corrected chi connectivity index (χ4v) is 1.79. The van der Waals surface area contributed by atoms with E-state index in [0.29, 0.717) is 25.2 Å². The molecule has 0 aliphatic heterocycles. The van der Waals surface area contributed by atoms with Crippen LogP contribution in [0.25, 0.3) is 0 Å². The highest BCUT2D eigenvalue weighted by Gasteiger charge is 2.05. The third-order valence-electron chi connectivity index (χ3n) is 2.90. The van der Waals surface area contributed by atoms with Crippen molar-refractivity contribution in [2.24, 2.45) is 0 Å². The zero-order chi connectivity index (χ0) is 14.9. The van der Waals surface area contributed by atoms with E-state index in [-0.39, 0.29) is 19.0 Å². The monoisotopic (exact) mass is 294 g/mol. The molecule has 0 saturated carbocycles. The van der Waals surface area contributed by atoms with Gasteiger partial charge in [-0.2, -0.15) is 0 Å². The van der Waals surface area contributed by atoms with Gasteiger partial charge in [-0.15, -0.1) is 5.10 Å². The van der Waals surface area contributed by atoms with Crippen LogP contribution in [0, 0.1) is 5.82 Å². The summed E-state index contributed by atoms with van der Waals surface area (Å²) in [7, 11) is 0. The van der Waals surface area contributed by atoms with Gasteiger partial charge in [-0.3, -0.25) is 4.68 Å². The summed E-state index contributed by atoms with van der Waals surface area (Å²) in [4.78, 5) is 0. The minimum Gasteiger partial charge on any atom is -0.389 e. The van der Waals surface area contributed by atoms with Crippen LogP contribution in [0.5, 0.6) is 0 Å². The highest BCUT2D eigenvalue weighted by Crippen LogP contribution is 2.07. The second-order valence-electron chi connectivity index (χ2n) is 4.63. The van der Waals surface area contributed by atoms with Gasteiger partial charge in [0.15, 0.2) is 0 Å². The highest BCUT2D eigenvalue weighted by molar-refractivity contribution is 5.16. The second kappa shape index (κ2) is 8.46. The van der Waals surface area contributed by atoms with Gasteiger partial charge in [0.05, 0.1) is 32.1 Å². The fraction of sp³-hybridized carbons (Fsp3) is 0.429. The first-order valence-electron chi connectivity index (χ1n) is 6.79. The molecule has 0 amide bonds. The summed E-state index contributed by atoms with van der Waals surface area (Å²) in [6, 6.07) is 6.44. The zero-order valence-electron chi connectivity index (χ0n) is 11.7. The Balaban J connectivity index is 1.55. The van der Waals surface area contributed by atoms with E-state index in [1.807, 2.05) is 0 Å². The smallest absolute Gasteiger partial charge is 0.128 e. The number of aliphatic hydroxyl groups is 1. The van der Waals surface area contributed by atoms with Crippen molar-refractivity contribution in [1.82, 2.24) is 20.3 Å². The van der Waals surface area contributed by atoms with Gasteiger partial charge in [0.25, 0.3) is 0 Å². The Hall–Kier alpha value is -1.83. The van der Waals surface area contributed by atoms with Gasteiger partial charge in [0, 0.05) is 24.8 Å². The van der Waals surface area contributed by atoms with Crippen molar-refractivity contribution < 1.29 is 14.2 Å². The van der Waals surface area contributed by atoms with Crippen LogP contribution in [-0.4, -0.2) is 45.9 Å². The third kappa shape index (κ3) is 5.58. The van der Waals surface area contributed by atoms with E-state index in [0.717, 1.165) is 0 Å². The molecule has 6 nitrogen and oxygen atoms in total. The number of aromatic nitrogens is 3. The Morgan fingerprint density at radius 2 is 2.24 bits per heavy atom. The summed E-state index contributed by atoms with van der Waals surface area (Å²) in [5, 5.41) is 20.4. The number of nitrogens with one attached hydrogen (secondary N) is 1. The Kier molecular flexibility index (Phi) is 6.26. The van der Waals surface area contributed by atoms with Crippen LogP contribution in [0.3, 0.4) is 0 Å². The van der Waals surface area contributed by atoms with Crippen molar-refractivity contribution in [3.63, 3.8) is 0 Å². The summed E-state index contributed by atoms with van der Waals surface area (Å²) in [6.45, 7) is 2.08. The number of ether oxygens (including phenoxy) is 1. The SMILES string of the molecule is OC(CNCCn1ccnn1)COCc1ccccc1F. The van der Waals surface area contributed by atoms with E-state index in [1.54, 1.807) is 35.3 Å². The molecular weight excluding hydrogens is 275 g/mol. The van der Waals surface area contributed by atoms with E-state index in [4.69, 9.17) is 4.74 Å². The van der Waals surface area contributed by atoms with Crippen molar-refractivity contribution in [3.05, 3.63) is 48.0 Å². The molecule has 2 aromatic rings. The Morgan fingerprint density at radius 3 is 3.00 bits per heavy atom. The van der Waals surface area contributed by atoms with Crippen molar-refractivity contribution in [2.75, 3.05) is 19.7 Å². The number of benzene rings is 1. The van der Waals surface area contributed by atoms with Crippen molar-refractivity contribution in [1.29, 1.82) is 0 Å². The standard InChI is InChI=1S/C14H19FN4O2/c15-14-4-2-1-3-12(14)10-21-11-13(20)9-16-5-7-19-8-6-17-18-19/h1-4,6,8,13,16,20H,5,7,9-11H2. The molecule has 1 heterocycles. The Morgan fingerprint density at radius 1 is 1.38 bits per heavy atom. The normalized spacial score (nSPS) is 12.5. The van der Waals surface area contributed by atoms with Crippen LogP contribution in [-0.2, 0) is 17.9 Å². The first kappa shape index (κ1) is 15.6. The van der Waals surface area contributed by atoms with Gasteiger partial charge in [-0.1, -0.05) is 23.4 Å². The Labute approximate surface area is 122 Å². The number of rotatable bonds is 9. The van der Waals surface area contributed by atoms with Crippen LogP contribution < -0.4 is 5.32 Å². The molecule has 21 heavy (non-hydrogen) atoms. The quantitative estimate of drug-likeness (QED) is 0.662. The molecule has 0 spiro atoms. The average Bonchev–Trinajstić information content (AvgIpc) is 2.99. The second-order valence-corrected chi connectivity index (χ2v) is 4.63. The molecule has 0 fully saturated rings. The third-order valence-corrected chi connectivity index (χ3v) is 2.90. The van der Waals surface area contributed by atoms with Crippen LogP contribution in [0.15, 0.2) is 36.7 Å². The fourth-order valence-electron chi connectivity index (χ4n) is 1.79. The molecule has 1 aromatic carbocycles. The lowest BCUT2D eigenvalue weighted by Crippen LogP contribution is -2.32. The summed E-state index contributed by atoms with van der Waals surface area (Å²) in [5.41, 5.74) is 0.490. The minimum absolute atomic E-state index is 0.155. The maximum absolute atomic E-state index is 13.3. The van der Waals surface area contributed by atoms with Gasteiger partial charge in [-0.05, 0) is 6.07 Å². The number of hydrogen-bond acceptors (Lipinski definition) is 5. The van der Waals surface area contributed by atoms with Gasteiger partial charge in [0.1, 0.15) is 5.82 Å². The van der Waals surface area contributed by atoms with Gasteiger partial charge >= 0.3 is 0 Å². The zero-order valence-corrected chi connectivity index (χ0v) is 11.7. The molecule has 1 atom stereocenters. The van der Waals surface area contributed by atoms with Crippen molar-refractivity contribution >= 4 is 0 Å². The lowest BCUT2D eigenvalue weighted by Gasteiger charge is -2.12. The molecule has 0 radical (unpaired) electrons. The van der Waals surface area contributed by atoms with Crippen LogP contribution in [0.4, 0.5) is 4.39 Å². The molecule has 0 aliphatic rings. The van der Waals surface area contributed by atoms with E-state index >= 15 is 0 Å². The predicted molar refractivity (Wildman–Crippen MR) is 75.0 cm³/mol. The lowest BCUT2D eigenvalue weighted by molar-refractivity contribution is 0.0278. The van der Waals surface area contributed by atoms with Crippen LogP contribution >= 0.6 is 0 Å². The lowest BCUT2D eigenvalue weighted by atomic mass is 10.2. The van der Waals surface area contributed by atoms with Gasteiger partial charge in [-0.25, -0.2) is 4.39 Å². The van der Waals surface area contributed by atoms with Crippen molar-refractivity contribution in [3.8, 4) is 0 Å². The van der Waals surface area contributed by atoms with E-state index < -0.39 is 6.10 Å². The summed E-state index contributed by atoms with van der Waals surface area (Å²) >= 11 is 0. The molecular formula is C14H19FN4O2. The molecule has 2 rings (SSSR count). The van der Waals surface area contributed by atoms with Crippen LogP contribution in [0.1, 0.15) is 5.56 Å². The molecule has 1 aromatic heterocycles. The molecule has 0 bridgehead atoms. The topological polar surface area (TPSA) is 72.2 Å².